The van der Waals surface area contributed by atoms with Gasteiger partial charge in [-0.3, -0.25) is 4.79 Å². The Kier molecular flexibility index (Phi) is 6.01. The zero-order valence-electron chi connectivity index (χ0n) is 20.5. The summed E-state index contributed by atoms with van der Waals surface area (Å²) in [6.45, 7) is 4.57. The summed E-state index contributed by atoms with van der Waals surface area (Å²) in [5, 5.41) is 0. The molecule has 1 fully saturated rings. The van der Waals surface area contributed by atoms with Crippen LogP contribution in [0.1, 0.15) is 41.3 Å². The second-order valence-corrected chi connectivity index (χ2v) is 9.45. The van der Waals surface area contributed by atoms with E-state index in [1.807, 2.05) is 6.07 Å². The third-order valence-corrected chi connectivity index (χ3v) is 7.48. The molecule has 1 aliphatic heterocycles. The van der Waals surface area contributed by atoms with Crippen LogP contribution in [0.5, 0.6) is 5.75 Å². The third-order valence-electron chi connectivity index (χ3n) is 7.48. The van der Waals surface area contributed by atoms with Crippen LogP contribution < -0.4 is 4.74 Å². The van der Waals surface area contributed by atoms with Crippen LogP contribution in [0.4, 0.5) is 4.39 Å². The fourth-order valence-electron chi connectivity index (χ4n) is 5.87. The van der Waals surface area contributed by atoms with Gasteiger partial charge in [-0.2, -0.15) is 0 Å². The van der Waals surface area contributed by atoms with E-state index in [9.17, 15) is 9.18 Å². The highest BCUT2D eigenvalue weighted by molar-refractivity contribution is 5.78. The molecule has 0 unspecified atom stereocenters. The van der Waals surface area contributed by atoms with Gasteiger partial charge in [0.15, 0.2) is 0 Å². The maximum atomic E-state index is 13.7. The van der Waals surface area contributed by atoms with Crippen LogP contribution in [0, 0.1) is 25.6 Å². The summed E-state index contributed by atoms with van der Waals surface area (Å²) in [6.07, 6.45) is 3.47. The Morgan fingerprint density at radius 1 is 1.06 bits per heavy atom. The van der Waals surface area contributed by atoms with Gasteiger partial charge in [0.05, 0.1) is 32.3 Å². The monoisotopic (exact) mass is 475 g/mol. The molecular formula is C29H30FNO4. The molecule has 35 heavy (non-hydrogen) atoms. The molecule has 0 saturated heterocycles. The molecule has 6 heteroatoms. The van der Waals surface area contributed by atoms with E-state index in [4.69, 9.17) is 14.2 Å². The maximum Gasteiger partial charge on any atom is 0.309 e. The van der Waals surface area contributed by atoms with Crippen LogP contribution in [0.2, 0.25) is 0 Å². The Balaban J connectivity index is 1.59. The first-order chi connectivity index (χ1) is 16.9. The van der Waals surface area contributed by atoms with E-state index in [-0.39, 0.29) is 23.6 Å². The van der Waals surface area contributed by atoms with Crippen LogP contribution in [0.25, 0.3) is 11.3 Å². The molecule has 5 nitrogen and oxygen atoms in total. The van der Waals surface area contributed by atoms with Crippen molar-refractivity contribution >= 4 is 11.5 Å². The van der Waals surface area contributed by atoms with Crippen LogP contribution in [0.15, 0.2) is 60.7 Å². The Labute approximate surface area is 205 Å². The first kappa shape index (κ1) is 23.4. The second-order valence-electron chi connectivity index (χ2n) is 9.45. The fourth-order valence-corrected chi connectivity index (χ4v) is 5.87. The Morgan fingerprint density at radius 2 is 1.77 bits per heavy atom. The molecule has 2 heterocycles. The van der Waals surface area contributed by atoms with Crippen molar-refractivity contribution in [2.45, 2.75) is 38.2 Å². The zero-order chi connectivity index (χ0) is 24.7. The fraction of sp³-hybridized carbons (Fsp3) is 0.345. The van der Waals surface area contributed by atoms with Crippen molar-refractivity contribution in [3.63, 3.8) is 0 Å². The molecule has 2 aromatic carbocycles. The number of aryl methyl sites for hydroxylation is 2. The molecule has 5 rings (SSSR count). The first-order valence-electron chi connectivity index (χ1n) is 11.9. The molecular weight excluding hydrogens is 445 g/mol. The number of esters is 1. The van der Waals surface area contributed by atoms with Crippen molar-refractivity contribution in [3.05, 3.63) is 89.0 Å². The minimum atomic E-state index is -0.674. The number of halogens is 1. The summed E-state index contributed by atoms with van der Waals surface area (Å²) < 4.78 is 33.3. The van der Waals surface area contributed by atoms with E-state index >= 15 is 0 Å². The van der Waals surface area contributed by atoms with E-state index in [0.29, 0.717) is 19.4 Å². The molecule has 0 N–H and O–H groups in total. The molecule has 3 aromatic rings. The molecule has 1 spiro atoms. The van der Waals surface area contributed by atoms with Gasteiger partial charge in [0.25, 0.3) is 0 Å². The van der Waals surface area contributed by atoms with Gasteiger partial charge >= 0.3 is 5.97 Å². The average molecular weight is 476 g/mol. The van der Waals surface area contributed by atoms with Crippen molar-refractivity contribution in [2.75, 3.05) is 20.8 Å². The topological polar surface area (TPSA) is 49.7 Å². The normalized spacial score (nSPS) is 23.5. The molecule has 0 amide bonds. The van der Waals surface area contributed by atoms with Crippen LogP contribution in [0.3, 0.4) is 0 Å². The number of hydrogen-bond acceptors (Lipinski definition) is 4. The lowest BCUT2D eigenvalue weighted by Crippen LogP contribution is -2.34. The number of ether oxygens (including phenoxy) is 3. The van der Waals surface area contributed by atoms with Gasteiger partial charge in [0, 0.05) is 28.6 Å². The second kappa shape index (κ2) is 9.00. The van der Waals surface area contributed by atoms with E-state index in [1.54, 1.807) is 19.2 Å². The third kappa shape index (κ3) is 3.96. The molecule has 2 aliphatic rings. The highest BCUT2D eigenvalue weighted by atomic mass is 19.1. The summed E-state index contributed by atoms with van der Waals surface area (Å²) in [4.78, 5) is 12.7. The van der Waals surface area contributed by atoms with Crippen molar-refractivity contribution < 1.29 is 23.4 Å². The number of carbonyl (C=O) groups is 1. The minimum absolute atomic E-state index is 0.264. The zero-order valence-corrected chi connectivity index (χ0v) is 20.5. The van der Waals surface area contributed by atoms with E-state index in [1.165, 1.54) is 19.2 Å². The minimum Gasteiger partial charge on any atom is -0.496 e. The van der Waals surface area contributed by atoms with Gasteiger partial charge in [-0.15, -0.1) is 0 Å². The molecule has 1 aromatic heterocycles. The van der Waals surface area contributed by atoms with Gasteiger partial charge in [0.2, 0.25) is 0 Å². The summed E-state index contributed by atoms with van der Waals surface area (Å²) in [5.41, 5.74) is 5.54. The Bertz CT molecular complexity index is 1270. The molecule has 3 atom stereocenters. The van der Waals surface area contributed by atoms with Gasteiger partial charge in [-0.05, 0) is 86.4 Å². The van der Waals surface area contributed by atoms with E-state index in [2.05, 4.69) is 48.8 Å². The predicted octanol–water partition coefficient (Wildman–Crippen LogP) is 5.76. The molecule has 1 aliphatic carbocycles. The number of benzene rings is 2. The van der Waals surface area contributed by atoms with Gasteiger partial charge in [0.1, 0.15) is 11.6 Å². The van der Waals surface area contributed by atoms with Crippen molar-refractivity contribution in [2.24, 2.45) is 5.92 Å². The largest absolute Gasteiger partial charge is 0.496 e. The number of hydrogen-bond donors (Lipinski definition) is 0. The Hall–Kier alpha value is -3.38. The number of aromatic nitrogens is 1. The molecule has 0 radical (unpaired) electrons. The maximum absolute atomic E-state index is 13.7. The van der Waals surface area contributed by atoms with Gasteiger partial charge in [-0.25, -0.2) is 4.39 Å². The summed E-state index contributed by atoms with van der Waals surface area (Å²) >= 11 is 0. The van der Waals surface area contributed by atoms with Crippen LogP contribution in [-0.2, 0) is 14.3 Å². The lowest BCUT2D eigenvalue weighted by atomic mass is 9.79. The average Bonchev–Trinajstić information content (AvgIpc) is 3.56. The van der Waals surface area contributed by atoms with Crippen LogP contribution >= 0.6 is 0 Å². The number of nitrogens with zero attached hydrogens (tertiary/aromatic N) is 1. The van der Waals surface area contributed by atoms with E-state index < -0.39 is 5.60 Å². The predicted molar refractivity (Wildman–Crippen MR) is 132 cm³/mol. The van der Waals surface area contributed by atoms with Crippen LogP contribution in [-0.4, -0.2) is 37.0 Å². The Morgan fingerprint density at radius 3 is 2.43 bits per heavy atom. The summed E-state index contributed by atoms with van der Waals surface area (Å²) in [5.74, 6) is -0.435. The van der Waals surface area contributed by atoms with Gasteiger partial charge < -0.3 is 18.8 Å². The number of rotatable bonds is 5. The highest BCUT2D eigenvalue weighted by Gasteiger charge is 2.54. The molecule has 0 bridgehead atoms. The summed E-state index contributed by atoms with van der Waals surface area (Å²) in [7, 11) is 3.08. The number of methoxy groups -OCH3 is 2. The lowest BCUT2D eigenvalue weighted by molar-refractivity contribution is -0.146. The van der Waals surface area contributed by atoms with Crippen molar-refractivity contribution in [1.82, 2.24) is 4.57 Å². The quantitative estimate of drug-likeness (QED) is 0.440. The SMILES string of the molecule is COC(=O)[C@H]1CC[C@@]2(C=C(c3cc(-n4c(C)ccc4C)ccc3OC)CO2)[C@@H]1c1ccc(F)cc1. The van der Waals surface area contributed by atoms with Crippen molar-refractivity contribution in [1.29, 1.82) is 0 Å². The first-order valence-corrected chi connectivity index (χ1v) is 11.9. The molecule has 1 saturated carbocycles. The standard InChI is InChI=1S/C29H30FNO4/c1-18-5-6-19(2)31(18)23-11-12-26(33-3)25(15-23)21-16-29(35-17-21)14-13-24(28(32)34-4)27(29)20-7-9-22(30)10-8-20/h5-12,15-16,24,27H,13-14,17H2,1-4H3/t24-,27+,29+/m0/s1. The lowest BCUT2D eigenvalue weighted by Gasteiger charge is -2.31. The smallest absolute Gasteiger partial charge is 0.309 e. The summed E-state index contributed by atoms with van der Waals surface area (Å²) in [6, 6.07) is 16.7. The number of carbonyl (C=O) groups excluding carboxylic acids is 1. The van der Waals surface area contributed by atoms with Gasteiger partial charge in [-0.1, -0.05) is 12.1 Å². The molecule has 182 valence electrons. The highest BCUT2D eigenvalue weighted by Crippen LogP contribution is 2.54. The van der Waals surface area contributed by atoms with Crippen molar-refractivity contribution in [3.8, 4) is 11.4 Å². The van der Waals surface area contributed by atoms with E-state index in [0.717, 1.165) is 39.5 Å².